The smallest absolute Gasteiger partial charge is 0.348 e. The highest BCUT2D eigenvalue weighted by Gasteiger charge is 2.28. The molecule has 5 nitrogen and oxygen atoms in total. The fourth-order valence-corrected chi connectivity index (χ4v) is 2.90. The number of ether oxygens (including phenoxy) is 1. The van der Waals surface area contributed by atoms with Gasteiger partial charge in [0.15, 0.2) is 0 Å². The lowest BCUT2D eigenvalue weighted by molar-refractivity contribution is -0.110. The number of H-pyrrole nitrogens is 1. The number of nitrogens with one attached hydrogen (secondary N) is 2. The molecule has 0 saturated carbocycles. The summed E-state index contributed by atoms with van der Waals surface area (Å²) in [4.78, 5) is 26.8. The van der Waals surface area contributed by atoms with Gasteiger partial charge >= 0.3 is 5.97 Å². The first-order chi connectivity index (χ1) is 9.19. The summed E-state index contributed by atoms with van der Waals surface area (Å²) < 4.78 is 4.67. The van der Waals surface area contributed by atoms with Crippen molar-refractivity contribution in [1.82, 2.24) is 4.98 Å². The van der Waals surface area contributed by atoms with Crippen LogP contribution in [0.15, 0.2) is 24.4 Å². The molecule has 0 aromatic carbocycles. The van der Waals surface area contributed by atoms with Crippen LogP contribution in [0, 0.1) is 0 Å². The van der Waals surface area contributed by atoms with Gasteiger partial charge in [0.25, 0.3) is 5.91 Å². The van der Waals surface area contributed by atoms with Crippen molar-refractivity contribution in [3.05, 3.63) is 40.5 Å². The summed E-state index contributed by atoms with van der Waals surface area (Å²) in [6.07, 6.45) is 3.54. The van der Waals surface area contributed by atoms with E-state index in [2.05, 4.69) is 15.0 Å². The summed E-state index contributed by atoms with van der Waals surface area (Å²) >= 11 is 1.22. The molecule has 1 aliphatic rings. The minimum Gasteiger partial charge on any atom is -0.465 e. The minimum absolute atomic E-state index is 0.160. The zero-order valence-corrected chi connectivity index (χ0v) is 10.8. The Morgan fingerprint density at radius 2 is 2.32 bits per heavy atom. The van der Waals surface area contributed by atoms with E-state index < -0.39 is 5.97 Å². The lowest BCUT2D eigenvalue weighted by Crippen LogP contribution is -2.04. The van der Waals surface area contributed by atoms with E-state index in [0.717, 1.165) is 11.3 Å². The Morgan fingerprint density at radius 1 is 1.47 bits per heavy atom. The van der Waals surface area contributed by atoms with Crippen molar-refractivity contribution in [3.63, 3.8) is 0 Å². The maximum atomic E-state index is 11.9. The molecule has 0 spiro atoms. The molecular formula is C13H10N2O3S. The summed E-state index contributed by atoms with van der Waals surface area (Å²) in [5.41, 5.74) is 2.12. The van der Waals surface area contributed by atoms with Crippen LogP contribution in [-0.2, 0) is 9.53 Å². The third-order valence-corrected chi connectivity index (χ3v) is 3.83. The molecule has 0 fully saturated rings. The van der Waals surface area contributed by atoms with Gasteiger partial charge in [0.2, 0.25) is 0 Å². The fraction of sp³-hybridized carbons (Fsp3) is 0.0769. The van der Waals surface area contributed by atoms with Crippen LogP contribution >= 0.6 is 11.3 Å². The highest BCUT2D eigenvalue weighted by Crippen LogP contribution is 2.39. The van der Waals surface area contributed by atoms with Gasteiger partial charge in [-0.15, -0.1) is 11.3 Å². The fourth-order valence-electron chi connectivity index (χ4n) is 1.91. The van der Waals surface area contributed by atoms with Crippen molar-refractivity contribution in [2.45, 2.75) is 0 Å². The first-order valence-corrected chi connectivity index (χ1v) is 6.39. The quantitative estimate of drug-likeness (QED) is 0.652. The van der Waals surface area contributed by atoms with Crippen molar-refractivity contribution in [3.8, 4) is 0 Å². The van der Waals surface area contributed by atoms with Crippen molar-refractivity contribution < 1.29 is 14.3 Å². The number of rotatable bonds is 2. The number of amides is 1. The molecule has 1 aliphatic heterocycles. The molecule has 0 bridgehead atoms. The summed E-state index contributed by atoms with van der Waals surface area (Å²) in [6, 6.07) is 5.40. The van der Waals surface area contributed by atoms with Crippen LogP contribution < -0.4 is 5.32 Å². The van der Waals surface area contributed by atoms with E-state index in [4.69, 9.17) is 0 Å². The average Bonchev–Trinajstić information content (AvgIpc) is 3.08. The first-order valence-electron chi connectivity index (χ1n) is 5.58. The standard InChI is InChI=1S/C13H10N2O3S/c1-18-13(17)10-6-9-8(5-7-3-2-4-14-7)11(16)15-12(9)19-10/h2-6,14H,1H3,(H,15,16)/b8-5-. The molecule has 0 unspecified atom stereocenters. The van der Waals surface area contributed by atoms with Gasteiger partial charge in [-0.2, -0.15) is 0 Å². The van der Waals surface area contributed by atoms with Crippen LogP contribution in [-0.4, -0.2) is 24.0 Å². The summed E-state index contributed by atoms with van der Waals surface area (Å²) in [7, 11) is 1.33. The van der Waals surface area contributed by atoms with Crippen molar-refractivity contribution >= 4 is 39.9 Å². The second-order valence-electron chi connectivity index (χ2n) is 3.98. The van der Waals surface area contributed by atoms with E-state index in [1.165, 1.54) is 18.4 Å². The van der Waals surface area contributed by atoms with Crippen LogP contribution in [0.1, 0.15) is 20.9 Å². The first kappa shape index (κ1) is 11.7. The van der Waals surface area contributed by atoms with Crippen LogP contribution in [0.5, 0.6) is 0 Å². The van der Waals surface area contributed by atoms with Crippen molar-refractivity contribution in [2.75, 3.05) is 12.4 Å². The van der Waals surface area contributed by atoms with Gasteiger partial charge in [0.05, 0.1) is 12.7 Å². The predicted octanol–water partition coefficient (Wildman–Crippen LogP) is 2.36. The predicted molar refractivity (Wildman–Crippen MR) is 73.0 cm³/mol. The number of carbonyl (C=O) groups is 2. The zero-order valence-electron chi connectivity index (χ0n) is 10.0. The molecule has 0 aliphatic carbocycles. The Bertz CT molecular complexity index is 683. The van der Waals surface area contributed by atoms with Gasteiger partial charge in [-0.25, -0.2) is 4.79 Å². The number of hydrogen-bond acceptors (Lipinski definition) is 4. The number of fused-ring (bicyclic) bond motifs is 1. The van der Waals surface area contributed by atoms with Crippen LogP contribution in [0.4, 0.5) is 5.00 Å². The number of esters is 1. The van der Waals surface area contributed by atoms with E-state index in [1.807, 2.05) is 12.1 Å². The number of anilines is 1. The molecule has 0 atom stereocenters. The Morgan fingerprint density at radius 3 is 3.00 bits per heavy atom. The van der Waals surface area contributed by atoms with Gasteiger partial charge in [-0.3, -0.25) is 4.79 Å². The Labute approximate surface area is 112 Å². The number of thiophene rings is 1. The van der Waals surface area contributed by atoms with Gasteiger partial charge in [-0.05, 0) is 24.3 Å². The minimum atomic E-state index is -0.395. The molecule has 3 heterocycles. The molecular weight excluding hydrogens is 264 g/mol. The lowest BCUT2D eigenvalue weighted by Gasteiger charge is -1.96. The normalized spacial score (nSPS) is 15.4. The van der Waals surface area contributed by atoms with Gasteiger partial charge in [0.1, 0.15) is 9.88 Å². The van der Waals surface area contributed by atoms with Crippen molar-refractivity contribution in [1.29, 1.82) is 0 Å². The summed E-state index contributed by atoms with van der Waals surface area (Å²) in [5, 5.41) is 3.43. The SMILES string of the molecule is COC(=O)c1cc2c(s1)NC(=O)/C2=C\c1ccc[nH]1. The number of aromatic nitrogens is 1. The topological polar surface area (TPSA) is 71.2 Å². The highest BCUT2D eigenvalue weighted by atomic mass is 32.1. The number of methoxy groups -OCH3 is 1. The lowest BCUT2D eigenvalue weighted by atomic mass is 10.1. The largest absolute Gasteiger partial charge is 0.465 e. The Hall–Kier alpha value is -2.34. The average molecular weight is 274 g/mol. The number of aromatic amines is 1. The highest BCUT2D eigenvalue weighted by molar-refractivity contribution is 7.18. The van der Waals surface area contributed by atoms with Crippen LogP contribution in [0.25, 0.3) is 11.6 Å². The van der Waals surface area contributed by atoms with Crippen molar-refractivity contribution in [2.24, 2.45) is 0 Å². The zero-order chi connectivity index (χ0) is 13.4. The molecule has 0 saturated heterocycles. The molecule has 19 heavy (non-hydrogen) atoms. The third-order valence-electron chi connectivity index (χ3n) is 2.80. The van der Waals surface area contributed by atoms with E-state index in [9.17, 15) is 9.59 Å². The van der Waals surface area contributed by atoms with Gasteiger partial charge in [-0.1, -0.05) is 0 Å². The third kappa shape index (κ3) is 1.96. The number of carbonyl (C=O) groups excluding carboxylic acids is 2. The molecule has 6 heteroatoms. The van der Waals surface area contributed by atoms with Gasteiger partial charge < -0.3 is 15.0 Å². The maximum absolute atomic E-state index is 11.9. The Balaban J connectivity index is 2.03. The molecule has 96 valence electrons. The number of hydrogen-bond donors (Lipinski definition) is 2. The van der Waals surface area contributed by atoms with Crippen LogP contribution in [0.3, 0.4) is 0 Å². The summed E-state index contributed by atoms with van der Waals surface area (Å²) in [6.45, 7) is 0. The molecule has 3 rings (SSSR count). The molecule has 2 aromatic heterocycles. The molecule has 2 N–H and O–H groups in total. The second-order valence-corrected chi connectivity index (χ2v) is 5.03. The van der Waals surface area contributed by atoms with E-state index in [1.54, 1.807) is 18.3 Å². The summed E-state index contributed by atoms with van der Waals surface area (Å²) in [5.74, 6) is -0.555. The van der Waals surface area contributed by atoms with E-state index in [0.29, 0.717) is 15.5 Å². The maximum Gasteiger partial charge on any atom is 0.348 e. The second kappa shape index (κ2) is 4.40. The van der Waals surface area contributed by atoms with E-state index >= 15 is 0 Å². The Kier molecular flexibility index (Phi) is 2.72. The van der Waals surface area contributed by atoms with Gasteiger partial charge in [0, 0.05) is 17.5 Å². The van der Waals surface area contributed by atoms with Crippen LogP contribution in [0.2, 0.25) is 0 Å². The molecule has 2 aromatic rings. The van der Waals surface area contributed by atoms with E-state index in [-0.39, 0.29) is 5.91 Å². The molecule has 1 amide bonds. The monoisotopic (exact) mass is 274 g/mol. The molecule has 0 radical (unpaired) electrons.